The van der Waals surface area contributed by atoms with E-state index in [1.165, 1.54) is 0 Å². The van der Waals surface area contributed by atoms with Gasteiger partial charge in [-0.25, -0.2) is 0 Å². The van der Waals surface area contributed by atoms with Crippen LogP contribution in [0.1, 0.15) is 6.42 Å². The minimum absolute atomic E-state index is 0.0889. The molecule has 1 saturated carbocycles. The fraction of sp³-hybridized carbons (Fsp3) is 1.00. The summed E-state index contributed by atoms with van der Waals surface area (Å²) in [5.74, 6) is 0. The van der Waals surface area contributed by atoms with Gasteiger partial charge in [0.1, 0.15) is 67.1 Å². The summed E-state index contributed by atoms with van der Waals surface area (Å²) in [6, 6.07) is -4.18. The fourth-order valence-electron chi connectivity index (χ4n) is 5.74. The average molecular weight is 615 g/mol. The zero-order chi connectivity index (χ0) is 31.0. The van der Waals surface area contributed by atoms with Gasteiger partial charge in [-0.15, -0.1) is 0 Å². The Balaban J connectivity index is 1.50. The van der Waals surface area contributed by atoms with Crippen LogP contribution in [0.4, 0.5) is 0 Å². The molecule has 0 amide bonds. The van der Waals surface area contributed by atoms with E-state index in [9.17, 15) is 35.7 Å². The Kier molecular flexibility index (Phi) is 11.5. The Labute approximate surface area is 241 Å². The second-order valence-corrected chi connectivity index (χ2v) is 11.2. The zero-order valence-electron chi connectivity index (χ0n) is 22.8. The first-order chi connectivity index (χ1) is 19.8. The third-order valence-electron chi connectivity index (χ3n) is 8.37. The monoisotopic (exact) mass is 614 g/mol. The van der Waals surface area contributed by atoms with Crippen molar-refractivity contribution in [2.24, 2.45) is 34.4 Å². The lowest BCUT2D eigenvalue weighted by Crippen LogP contribution is -2.68. The van der Waals surface area contributed by atoms with E-state index in [2.05, 4.69) is 0 Å². The van der Waals surface area contributed by atoms with Gasteiger partial charge in [0, 0.05) is 25.2 Å². The summed E-state index contributed by atoms with van der Waals surface area (Å²) in [7, 11) is 0. The number of hydrogen-bond acceptors (Lipinski definition) is 19. The van der Waals surface area contributed by atoms with Crippen LogP contribution in [0.5, 0.6) is 0 Å². The van der Waals surface area contributed by atoms with Crippen molar-refractivity contribution in [1.29, 1.82) is 0 Å². The molecule has 7 unspecified atom stereocenters. The molecular weight excluding hydrogens is 568 g/mol. The maximum Gasteiger partial charge on any atom is 0.187 e. The molecule has 4 fully saturated rings. The first kappa shape index (κ1) is 34.1. The van der Waals surface area contributed by atoms with Crippen molar-refractivity contribution in [2.75, 3.05) is 19.7 Å². The molecule has 3 heterocycles. The van der Waals surface area contributed by atoms with Gasteiger partial charge in [0.2, 0.25) is 0 Å². The second kappa shape index (κ2) is 14.1. The SMILES string of the molecule is NCC1O[C@H](O[C@@H]2C(N)C[C@@H](N)C(O)[C@H]2O[C@@H]2O[C@H](CO)C(O[C@H]3O[C@H](CN)[C@@H](O)C(O)C3N)[C@@H]2O)C(N)[C@@H](O)[C@@H]1O. The Morgan fingerprint density at radius 1 is 0.524 bits per heavy atom. The molecule has 0 radical (unpaired) electrons. The quantitative estimate of drug-likeness (QED) is 0.115. The minimum Gasteiger partial charge on any atom is -0.394 e. The maximum atomic E-state index is 11.1. The van der Waals surface area contributed by atoms with Crippen molar-refractivity contribution in [3.8, 4) is 0 Å². The first-order valence-electron chi connectivity index (χ1n) is 13.9. The van der Waals surface area contributed by atoms with Crippen molar-refractivity contribution >= 4 is 0 Å². The minimum atomic E-state index is -1.60. The normalized spacial score (nSPS) is 53.8. The molecule has 0 aromatic carbocycles. The lowest BCUT2D eigenvalue weighted by atomic mass is 9.84. The second-order valence-electron chi connectivity index (χ2n) is 11.2. The molecule has 42 heavy (non-hydrogen) atoms. The van der Waals surface area contributed by atoms with Crippen molar-refractivity contribution < 1.29 is 64.2 Å². The Bertz CT molecular complexity index is 868. The molecule has 19 heteroatoms. The van der Waals surface area contributed by atoms with Gasteiger partial charge in [0.25, 0.3) is 0 Å². The van der Waals surface area contributed by atoms with Gasteiger partial charge in [0.05, 0.1) is 24.8 Å². The highest BCUT2D eigenvalue weighted by molar-refractivity contribution is 5.02. The predicted molar refractivity (Wildman–Crippen MR) is 138 cm³/mol. The van der Waals surface area contributed by atoms with E-state index >= 15 is 0 Å². The number of aliphatic hydroxyl groups is 7. The summed E-state index contributed by atoms with van der Waals surface area (Å²) < 4.78 is 34.6. The van der Waals surface area contributed by atoms with Crippen LogP contribution in [0.25, 0.3) is 0 Å². The van der Waals surface area contributed by atoms with Crippen molar-refractivity contribution in [1.82, 2.24) is 0 Å². The molecular formula is C23H46N6O13. The molecule has 0 bridgehead atoms. The van der Waals surface area contributed by atoms with Gasteiger partial charge in [-0.1, -0.05) is 0 Å². The standard InChI is InChI=1S/C23H46N6O13/c24-2-7-13(32)15(34)10(28)21(37-7)40-18-6(27)1-5(26)12(31)20(18)42-23-17(36)19(9(4-30)39-23)41-22-11(29)16(35)14(33)8(3-25)38-22/h5-23,30-36H,1-4,24-29H2/t5-,6?,7?,8-,9-,10?,11?,12?,13-,14-,15-,16?,17+,18-,19?,20-,21-,22-,23+/m1/s1. The zero-order valence-corrected chi connectivity index (χ0v) is 22.8. The molecule has 0 spiro atoms. The summed E-state index contributed by atoms with van der Waals surface area (Å²) in [6.45, 7) is -0.967. The molecule has 3 aliphatic heterocycles. The van der Waals surface area contributed by atoms with Crippen LogP contribution in [0.3, 0.4) is 0 Å². The van der Waals surface area contributed by atoms with Crippen molar-refractivity contribution in [2.45, 2.75) is 123 Å². The summed E-state index contributed by atoms with van der Waals surface area (Å²) in [4.78, 5) is 0. The highest BCUT2D eigenvalue weighted by Crippen LogP contribution is 2.34. The van der Waals surface area contributed by atoms with Crippen LogP contribution in [0, 0.1) is 0 Å². The number of hydrogen-bond donors (Lipinski definition) is 13. The lowest BCUT2D eigenvalue weighted by molar-refractivity contribution is -0.306. The molecule has 19 N–H and O–H groups in total. The Hall–Kier alpha value is -0.760. The molecule has 4 rings (SSSR count). The van der Waals surface area contributed by atoms with E-state index in [0.29, 0.717) is 0 Å². The molecule has 3 saturated heterocycles. The van der Waals surface area contributed by atoms with Gasteiger partial charge in [-0.3, -0.25) is 0 Å². The topological polar surface area (TPSA) is 353 Å². The molecule has 19 atom stereocenters. The van der Waals surface area contributed by atoms with Crippen LogP contribution in [-0.4, -0.2) is 172 Å². The largest absolute Gasteiger partial charge is 0.394 e. The van der Waals surface area contributed by atoms with E-state index in [4.69, 9.17) is 62.8 Å². The third-order valence-corrected chi connectivity index (χ3v) is 8.37. The number of nitrogens with two attached hydrogens (primary N) is 6. The van der Waals surface area contributed by atoms with Gasteiger partial charge < -0.3 is 98.6 Å². The van der Waals surface area contributed by atoms with Gasteiger partial charge in [-0.2, -0.15) is 0 Å². The summed E-state index contributed by atoms with van der Waals surface area (Å²) in [5, 5.41) is 73.0. The summed E-state index contributed by atoms with van der Waals surface area (Å²) >= 11 is 0. The van der Waals surface area contributed by atoms with Crippen LogP contribution >= 0.6 is 0 Å². The van der Waals surface area contributed by atoms with E-state index in [1.54, 1.807) is 0 Å². The maximum absolute atomic E-state index is 11.1. The fourth-order valence-corrected chi connectivity index (χ4v) is 5.74. The van der Waals surface area contributed by atoms with E-state index in [1.807, 2.05) is 0 Å². The average Bonchev–Trinajstić information content (AvgIpc) is 3.27. The van der Waals surface area contributed by atoms with Crippen LogP contribution in [0.15, 0.2) is 0 Å². The molecule has 4 aliphatic rings. The number of aliphatic hydroxyl groups excluding tert-OH is 7. The number of rotatable bonds is 9. The van der Waals surface area contributed by atoms with Gasteiger partial charge in [-0.05, 0) is 6.42 Å². The van der Waals surface area contributed by atoms with Crippen molar-refractivity contribution in [3.63, 3.8) is 0 Å². The molecule has 1 aliphatic carbocycles. The molecule has 0 aromatic rings. The molecule has 19 nitrogen and oxygen atoms in total. The highest BCUT2D eigenvalue weighted by atomic mass is 16.8. The van der Waals surface area contributed by atoms with E-state index in [-0.39, 0.29) is 19.5 Å². The van der Waals surface area contributed by atoms with Crippen molar-refractivity contribution in [3.05, 3.63) is 0 Å². The van der Waals surface area contributed by atoms with E-state index < -0.39 is 123 Å². The molecule has 0 aromatic heterocycles. The van der Waals surface area contributed by atoms with E-state index in [0.717, 1.165) is 0 Å². The van der Waals surface area contributed by atoms with Crippen LogP contribution in [0.2, 0.25) is 0 Å². The Morgan fingerprint density at radius 2 is 0.976 bits per heavy atom. The van der Waals surface area contributed by atoms with Gasteiger partial charge >= 0.3 is 0 Å². The van der Waals surface area contributed by atoms with Crippen LogP contribution < -0.4 is 34.4 Å². The lowest BCUT2D eigenvalue weighted by Gasteiger charge is -2.47. The smallest absolute Gasteiger partial charge is 0.187 e. The Morgan fingerprint density at radius 3 is 1.45 bits per heavy atom. The first-order valence-corrected chi connectivity index (χ1v) is 13.9. The highest BCUT2D eigenvalue weighted by Gasteiger charge is 2.54. The summed E-state index contributed by atoms with van der Waals surface area (Å²) in [6.07, 6.45) is -19.8. The summed E-state index contributed by atoms with van der Waals surface area (Å²) in [5.41, 5.74) is 35.6. The van der Waals surface area contributed by atoms with Gasteiger partial charge in [0.15, 0.2) is 18.9 Å². The predicted octanol–water partition coefficient (Wildman–Crippen LogP) is -8.90. The molecule has 246 valence electrons. The van der Waals surface area contributed by atoms with Crippen LogP contribution in [-0.2, 0) is 28.4 Å². The number of ether oxygens (including phenoxy) is 6. The third kappa shape index (κ3) is 6.60.